The average molecular weight is 350 g/mol. The predicted octanol–water partition coefficient (Wildman–Crippen LogP) is 4.75. The van der Waals surface area contributed by atoms with E-state index in [-0.39, 0.29) is 17.2 Å². The minimum absolute atomic E-state index is 0.0876. The van der Waals surface area contributed by atoms with Gasteiger partial charge in [-0.1, -0.05) is 32.9 Å². The number of hydrogen-bond acceptors (Lipinski definition) is 2. The molecule has 0 spiro atoms. The van der Waals surface area contributed by atoms with Crippen molar-refractivity contribution in [3.8, 4) is 0 Å². The van der Waals surface area contributed by atoms with Gasteiger partial charge in [-0.05, 0) is 60.2 Å². The van der Waals surface area contributed by atoms with Gasteiger partial charge in [0.05, 0.1) is 0 Å². The summed E-state index contributed by atoms with van der Waals surface area (Å²) in [5.41, 5.74) is 3.53. The molecule has 2 aromatic carbocycles. The number of piperidine rings is 1. The third-order valence-electron chi connectivity index (χ3n) is 4.77. The smallest absolute Gasteiger partial charge is 0.255 e. The molecule has 26 heavy (non-hydrogen) atoms. The third-order valence-corrected chi connectivity index (χ3v) is 4.77. The van der Waals surface area contributed by atoms with Gasteiger partial charge in [0.15, 0.2) is 0 Å². The average Bonchev–Trinajstić information content (AvgIpc) is 2.62. The number of hydrogen-bond donors (Lipinski definition) is 1. The Morgan fingerprint density at radius 3 is 2.19 bits per heavy atom. The van der Waals surface area contributed by atoms with Crippen LogP contribution in [0.25, 0.3) is 0 Å². The molecule has 1 fully saturated rings. The first-order valence-corrected chi connectivity index (χ1v) is 9.17. The zero-order chi connectivity index (χ0) is 18.7. The lowest BCUT2D eigenvalue weighted by Gasteiger charge is -2.26. The van der Waals surface area contributed by atoms with Gasteiger partial charge in [-0.3, -0.25) is 9.59 Å². The molecule has 1 saturated heterocycles. The zero-order valence-electron chi connectivity index (χ0n) is 15.7. The Hall–Kier alpha value is -2.62. The van der Waals surface area contributed by atoms with Crippen molar-refractivity contribution in [1.29, 1.82) is 0 Å². The first-order valence-electron chi connectivity index (χ1n) is 9.17. The van der Waals surface area contributed by atoms with Gasteiger partial charge >= 0.3 is 0 Å². The zero-order valence-corrected chi connectivity index (χ0v) is 15.7. The van der Waals surface area contributed by atoms with Crippen LogP contribution in [-0.2, 0) is 10.2 Å². The standard InChI is InChI=1S/C22H26N2O2/c1-22(2,3)17-9-11-18(12-10-17)23-21(26)16-7-13-19(14-8-16)24-15-5-4-6-20(24)25/h7-14H,4-6,15H2,1-3H3,(H,23,26). The van der Waals surface area contributed by atoms with E-state index in [1.165, 1.54) is 5.56 Å². The molecule has 2 aromatic rings. The minimum Gasteiger partial charge on any atom is -0.322 e. The summed E-state index contributed by atoms with van der Waals surface area (Å²) in [5.74, 6) is 0.0115. The van der Waals surface area contributed by atoms with E-state index in [9.17, 15) is 9.59 Å². The van der Waals surface area contributed by atoms with Crippen LogP contribution in [0.1, 0.15) is 56.0 Å². The highest BCUT2D eigenvalue weighted by Gasteiger charge is 2.19. The van der Waals surface area contributed by atoms with Crippen LogP contribution in [0, 0.1) is 0 Å². The highest BCUT2D eigenvalue weighted by atomic mass is 16.2. The summed E-state index contributed by atoms with van der Waals surface area (Å²) < 4.78 is 0. The van der Waals surface area contributed by atoms with Crippen LogP contribution in [0.5, 0.6) is 0 Å². The fraction of sp³-hybridized carbons (Fsp3) is 0.364. The number of nitrogens with one attached hydrogen (secondary N) is 1. The van der Waals surface area contributed by atoms with Crippen LogP contribution >= 0.6 is 0 Å². The molecule has 1 aliphatic heterocycles. The van der Waals surface area contributed by atoms with E-state index >= 15 is 0 Å². The maximum Gasteiger partial charge on any atom is 0.255 e. The molecular weight excluding hydrogens is 324 g/mol. The SMILES string of the molecule is CC(C)(C)c1ccc(NC(=O)c2ccc(N3CCCCC3=O)cc2)cc1. The van der Waals surface area contributed by atoms with Crippen molar-refractivity contribution in [1.82, 2.24) is 0 Å². The molecule has 4 nitrogen and oxygen atoms in total. The Balaban J connectivity index is 1.67. The van der Waals surface area contributed by atoms with Crippen molar-refractivity contribution < 1.29 is 9.59 Å². The minimum atomic E-state index is -0.148. The maximum atomic E-state index is 12.5. The van der Waals surface area contributed by atoms with E-state index in [0.29, 0.717) is 12.0 Å². The van der Waals surface area contributed by atoms with Crippen molar-refractivity contribution in [3.63, 3.8) is 0 Å². The largest absolute Gasteiger partial charge is 0.322 e. The molecule has 3 rings (SSSR count). The molecule has 136 valence electrons. The van der Waals surface area contributed by atoms with Crippen molar-refractivity contribution in [2.24, 2.45) is 0 Å². The summed E-state index contributed by atoms with van der Waals surface area (Å²) in [5, 5.41) is 2.93. The van der Waals surface area contributed by atoms with E-state index in [1.807, 2.05) is 36.4 Å². The van der Waals surface area contributed by atoms with E-state index in [0.717, 1.165) is 30.8 Å². The van der Waals surface area contributed by atoms with Crippen molar-refractivity contribution in [2.45, 2.75) is 45.4 Å². The second-order valence-corrected chi connectivity index (χ2v) is 7.83. The summed E-state index contributed by atoms with van der Waals surface area (Å²) in [6, 6.07) is 15.2. The Morgan fingerprint density at radius 2 is 1.62 bits per heavy atom. The molecule has 0 radical (unpaired) electrons. The Bertz CT molecular complexity index is 786. The Labute approximate surface area is 155 Å². The number of anilines is 2. The lowest BCUT2D eigenvalue weighted by molar-refractivity contribution is -0.119. The van der Waals surface area contributed by atoms with Crippen molar-refractivity contribution in [3.05, 3.63) is 59.7 Å². The maximum absolute atomic E-state index is 12.5. The van der Waals surface area contributed by atoms with E-state index in [2.05, 4.69) is 26.1 Å². The van der Waals surface area contributed by atoms with E-state index < -0.39 is 0 Å². The number of carbonyl (C=O) groups is 2. The molecule has 2 amide bonds. The monoisotopic (exact) mass is 350 g/mol. The molecule has 4 heteroatoms. The van der Waals surface area contributed by atoms with Gasteiger partial charge in [-0.25, -0.2) is 0 Å². The van der Waals surface area contributed by atoms with Gasteiger partial charge in [0.1, 0.15) is 0 Å². The highest BCUT2D eigenvalue weighted by Crippen LogP contribution is 2.24. The van der Waals surface area contributed by atoms with Gasteiger partial charge in [0, 0.05) is 29.9 Å². The highest BCUT2D eigenvalue weighted by molar-refractivity contribution is 6.04. The second kappa shape index (κ2) is 7.32. The summed E-state index contributed by atoms with van der Waals surface area (Å²) >= 11 is 0. The number of rotatable bonds is 3. The molecule has 0 saturated carbocycles. The fourth-order valence-corrected chi connectivity index (χ4v) is 3.13. The summed E-state index contributed by atoms with van der Waals surface area (Å²) in [6.07, 6.45) is 2.59. The molecule has 0 atom stereocenters. The van der Waals surface area contributed by atoms with Crippen molar-refractivity contribution in [2.75, 3.05) is 16.8 Å². The summed E-state index contributed by atoms with van der Waals surface area (Å²) in [6.45, 7) is 7.24. The fourth-order valence-electron chi connectivity index (χ4n) is 3.13. The second-order valence-electron chi connectivity index (χ2n) is 7.83. The lowest BCUT2D eigenvalue weighted by atomic mass is 9.87. The molecule has 1 aliphatic rings. The molecule has 1 heterocycles. The number of carbonyl (C=O) groups excluding carboxylic acids is 2. The van der Waals surface area contributed by atoms with Crippen LogP contribution in [0.3, 0.4) is 0 Å². The molecular formula is C22H26N2O2. The topological polar surface area (TPSA) is 49.4 Å². The first kappa shape index (κ1) is 18.2. The van der Waals surface area contributed by atoms with Crippen LogP contribution in [0.15, 0.2) is 48.5 Å². The molecule has 1 N–H and O–H groups in total. The molecule has 0 unspecified atom stereocenters. The summed E-state index contributed by atoms with van der Waals surface area (Å²) in [4.78, 5) is 26.3. The van der Waals surface area contributed by atoms with Crippen LogP contribution in [-0.4, -0.2) is 18.4 Å². The van der Waals surface area contributed by atoms with E-state index in [1.54, 1.807) is 17.0 Å². The van der Waals surface area contributed by atoms with Gasteiger partial charge in [0.2, 0.25) is 5.91 Å². The first-order chi connectivity index (χ1) is 12.3. The number of amides is 2. The van der Waals surface area contributed by atoms with Gasteiger partial charge in [0.25, 0.3) is 5.91 Å². The van der Waals surface area contributed by atoms with Gasteiger partial charge < -0.3 is 10.2 Å². The molecule has 0 bridgehead atoms. The van der Waals surface area contributed by atoms with Crippen LogP contribution in [0.2, 0.25) is 0 Å². The quantitative estimate of drug-likeness (QED) is 0.868. The van der Waals surface area contributed by atoms with Crippen LogP contribution in [0.4, 0.5) is 11.4 Å². The lowest BCUT2D eigenvalue weighted by Crippen LogP contribution is -2.35. The predicted molar refractivity (Wildman–Crippen MR) is 106 cm³/mol. The summed E-state index contributed by atoms with van der Waals surface area (Å²) in [7, 11) is 0. The molecule has 0 aliphatic carbocycles. The van der Waals surface area contributed by atoms with Gasteiger partial charge in [-0.2, -0.15) is 0 Å². The Kier molecular flexibility index (Phi) is 5.12. The van der Waals surface area contributed by atoms with Gasteiger partial charge in [-0.15, -0.1) is 0 Å². The third kappa shape index (κ3) is 4.13. The Morgan fingerprint density at radius 1 is 0.962 bits per heavy atom. The molecule has 0 aromatic heterocycles. The normalized spacial score (nSPS) is 15.0. The number of nitrogens with zero attached hydrogens (tertiary/aromatic N) is 1. The van der Waals surface area contributed by atoms with Crippen LogP contribution < -0.4 is 10.2 Å². The number of benzene rings is 2. The van der Waals surface area contributed by atoms with E-state index in [4.69, 9.17) is 0 Å². The van der Waals surface area contributed by atoms with Crippen molar-refractivity contribution >= 4 is 23.2 Å².